The van der Waals surface area contributed by atoms with Gasteiger partial charge in [0, 0.05) is 24.2 Å². The molecular weight excluding hydrogens is 234 g/mol. The summed E-state index contributed by atoms with van der Waals surface area (Å²) in [4.78, 5) is 23.0. The van der Waals surface area contributed by atoms with Crippen molar-refractivity contribution in [2.45, 2.75) is 0 Å². The van der Waals surface area contributed by atoms with Gasteiger partial charge >= 0.3 is 6.03 Å². The second-order valence-electron chi connectivity index (χ2n) is 3.27. The number of halogens is 1. The highest BCUT2D eigenvalue weighted by Crippen LogP contribution is 2.31. The minimum absolute atomic E-state index is 0.162. The number of nitrogens with zero attached hydrogens (tertiary/aromatic N) is 2. The predicted octanol–water partition coefficient (Wildman–Crippen LogP) is 1.78. The minimum atomic E-state index is -0.549. The molecule has 6 nitrogen and oxygen atoms in total. The summed E-state index contributed by atoms with van der Waals surface area (Å²) < 4.78 is 0. The zero-order valence-corrected chi connectivity index (χ0v) is 8.90. The summed E-state index contributed by atoms with van der Waals surface area (Å²) in [6.45, 7) is 0.903. The highest BCUT2D eigenvalue weighted by Gasteiger charge is 2.27. The second-order valence-corrected chi connectivity index (χ2v) is 3.71. The van der Waals surface area contributed by atoms with Crippen molar-refractivity contribution < 1.29 is 9.72 Å². The third-order valence-electron chi connectivity index (χ3n) is 2.28. The Morgan fingerprint density at radius 3 is 2.81 bits per heavy atom. The standard InChI is InChI=1S/C9H8ClN3O3/c10-6-1-2-7(8(5-6)13(15)16)12-4-3-11-9(12)14/h1-2,5H,3-4H2,(H,11,14). The molecule has 84 valence electrons. The normalized spacial score (nSPS) is 15.1. The molecule has 1 saturated heterocycles. The van der Waals surface area contributed by atoms with Crippen molar-refractivity contribution in [1.82, 2.24) is 5.32 Å². The van der Waals surface area contributed by atoms with Crippen LogP contribution in [0, 0.1) is 10.1 Å². The number of urea groups is 1. The molecule has 0 aliphatic carbocycles. The van der Waals surface area contributed by atoms with Crippen molar-refractivity contribution in [1.29, 1.82) is 0 Å². The number of nitrogens with one attached hydrogen (secondary N) is 1. The fourth-order valence-corrected chi connectivity index (χ4v) is 1.74. The summed E-state index contributed by atoms with van der Waals surface area (Å²) in [5.74, 6) is 0. The van der Waals surface area contributed by atoms with Crippen LogP contribution in [-0.4, -0.2) is 24.0 Å². The molecule has 0 bridgehead atoms. The average Bonchev–Trinajstić information content (AvgIpc) is 2.64. The Kier molecular flexibility index (Phi) is 2.66. The van der Waals surface area contributed by atoms with Crippen molar-refractivity contribution in [2.24, 2.45) is 0 Å². The van der Waals surface area contributed by atoms with E-state index in [1.807, 2.05) is 0 Å². The largest absolute Gasteiger partial charge is 0.336 e. The summed E-state index contributed by atoms with van der Waals surface area (Å²) in [7, 11) is 0. The lowest BCUT2D eigenvalue weighted by Gasteiger charge is -2.14. The van der Waals surface area contributed by atoms with Crippen molar-refractivity contribution in [3.63, 3.8) is 0 Å². The van der Waals surface area contributed by atoms with E-state index in [1.54, 1.807) is 0 Å². The van der Waals surface area contributed by atoms with Gasteiger partial charge in [0.05, 0.1) is 4.92 Å². The molecular formula is C9H8ClN3O3. The Morgan fingerprint density at radius 1 is 1.50 bits per heavy atom. The molecule has 0 atom stereocenters. The Balaban J connectivity index is 2.47. The van der Waals surface area contributed by atoms with Gasteiger partial charge in [0.25, 0.3) is 5.69 Å². The van der Waals surface area contributed by atoms with Crippen LogP contribution in [-0.2, 0) is 0 Å². The van der Waals surface area contributed by atoms with E-state index in [1.165, 1.54) is 23.1 Å². The van der Waals surface area contributed by atoms with Crippen LogP contribution in [0.5, 0.6) is 0 Å². The SMILES string of the molecule is O=C1NCCN1c1ccc(Cl)cc1[N+](=O)[O-]. The molecule has 0 spiro atoms. The van der Waals surface area contributed by atoms with Gasteiger partial charge in [-0.2, -0.15) is 0 Å². The molecule has 7 heteroatoms. The lowest BCUT2D eigenvalue weighted by molar-refractivity contribution is -0.384. The Labute approximate surface area is 95.9 Å². The molecule has 1 N–H and O–H groups in total. The zero-order valence-electron chi connectivity index (χ0n) is 8.14. The predicted molar refractivity (Wildman–Crippen MR) is 58.9 cm³/mol. The number of anilines is 1. The van der Waals surface area contributed by atoms with E-state index < -0.39 is 4.92 Å². The van der Waals surface area contributed by atoms with Crippen LogP contribution in [0.2, 0.25) is 5.02 Å². The van der Waals surface area contributed by atoms with E-state index in [-0.39, 0.29) is 22.4 Å². The fraction of sp³-hybridized carbons (Fsp3) is 0.222. The molecule has 1 heterocycles. The van der Waals surface area contributed by atoms with Crippen LogP contribution in [0.15, 0.2) is 18.2 Å². The molecule has 1 fully saturated rings. The van der Waals surface area contributed by atoms with Crippen LogP contribution in [0.25, 0.3) is 0 Å². The summed E-state index contributed by atoms with van der Waals surface area (Å²) in [5, 5.41) is 13.7. The molecule has 0 radical (unpaired) electrons. The van der Waals surface area contributed by atoms with Gasteiger partial charge in [-0.25, -0.2) is 4.79 Å². The van der Waals surface area contributed by atoms with Gasteiger partial charge in [0.2, 0.25) is 0 Å². The first-order valence-corrected chi connectivity index (χ1v) is 4.96. The molecule has 1 aliphatic rings. The number of hydrogen-bond donors (Lipinski definition) is 1. The maximum atomic E-state index is 11.4. The Hall–Kier alpha value is -1.82. The van der Waals surface area contributed by atoms with E-state index in [9.17, 15) is 14.9 Å². The molecule has 0 saturated carbocycles. The molecule has 1 aromatic rings. The van der Waals surface area contributed by atoms with E-state index in [0.717, 1.165) is 0 Å². The summed E-state index contributed by atoms with van der Waals surface area (Å²) in [6, 6.07) is 3.91. The monoisotopic (exact) mass is 241 g/mol. The number of hydrogen-bond acceptors (Lipinski definition) is 3. The van der Waals surface area contributed by atoms with E-state index >= 15 is 0 Å². The van der Waals surface area contributed by atoms with Crippen LogP contribution in [0.1, 0.15) is 0 Å². The molecule has 2 amide bonds. The van der Waals surface area contributed by atoms with Gasteiger partial charge < -0.3 is 5.32 Å². The van der Waals surface area contributed by atoms with Crippen molar-refractivity contribution in [3.05, 3.63) is 33.3 Å². The van der Waals surface area contributed by atoms with Gasteiger partial charge in [-0.15, -0.1) is 0 Å². The Bertz CT molecular complexity index is 463. The van der Waals surface area contributed by atoms with E-state index in [2.05, 4.69) is 5.32 Å². The van der Waals surface area contributed by atoms with Crippen LogP contribution in [0.4, 0.5) is 16.2 Å². The topological polar surface area (TPSA) is 75.5 Å². The van der Waals surface area contributed by atoms with Gasteiger partial charge in [-0.05, 0) is 12.1 Å². The third kappa shape index (κ3) is 1.79. The average molecular weight is 242 g/mol. The fourth-order valence-electron chi connectivity index (χ4n) is 1.57. The number of nitro benzene ring substituents is 1. The first kappa shape index (κ1) is 10.7. The second kappa shape index (κ2) is 3.97. The highest BCUT2D eigenvalue weighted by atomic mass is 35.5. The van der Waals surface area contributed by atoms with Gasteiger partial charge in [-0.3, -0.25) is 15.0 Å². The lowest BCUT2D eigenvalue weighted by atomic mass is 10.2. The van der Waals surface area contributed by atoms with Gasteiger partial charge in [0.1, 0.15) is 5.69 Å². The molecule has 1 aliphatic heterocycles. The molecule has 2 rings (SSSR count). The maximum Gasteiger partial charge on any atom is 0.322 e. The number of nitro groups is 1. The number of carbonyl (C=O) groups is 1. The van der Waals surface area contributed by atoms with Crippen molar-refractivity contribution in [2.75, 3.05) is 18.0 Å². The first-order valence-electron chi connectivity index (χ1n) is 4.59. The zero-order chi connectivity index (χ0) is 11.7. The third-order valence-corrected chi connectivity index (χ3v) is 2.52. The molecule has 0 aromatic heterocycles. The van der Waals surface area contributed by atoms with Crippen molar-refractivity contribution >= 4 is 29.0 Å². The number of rotatable bonds is 2. The Morgan fingerprint density at radius 2 is 2.25 bits per heavy atom. The van der Waals surface area contributed by atoms with E-state index in [0.29, 0.717) is 13.1 Å². The first-order chi connectivity index (χ1) is 7.59. The van der Waals surface area contributed by atoms with Crippen LogP contribution >= 0.6 is 11.6 Å². The number of benzene rings is 1. The molecule has 16 heavy (non-hydrogen) atoms. The summed E-state index contributed by atoms with van der Waals surface area (Å²) in [6.07, 6.45) is 0. The molecule has 1 aromatic carbocycles. The van der Waals surface area contributed by atoms with Gasteiger partial charge in [-0.1, -0.05) is 11.6 Å². The van der Waals surface area contributed by atoms with E-state index in [4.69, 9.17) is 11.6 Å². The quantitative estimate of drug-likeness (QED) is 0.633. The highest BCUT2D eigenvalue weighted by molar-refractivity contribution is 6.31. The van der Waals surface area contributed by atoms with Crippen LogP contribution < -0.4 is 10.2 Å². The number of carbonyl (C=O) groups excluding carboxylic acids is 1. The smallest absolute Gasteiger partial charge is 0.322 e. The summed E-state index contributed by atoms with van der Waals surface area (Å²) >= 11 is 5.68. The van der Waals surface area contributed by atoms with Crippen molar-refractivity contribution in [3.8, 4) is 0 Å². The molecule has 0 unspecified atom stereocenters. The summed E-state index contributed by atoms with van der Waals surface area (Å²) in [5.41, 5.74) is 0.106. The maximum absolute atomic E-state index is 11.4. The van der Waals surface area contributed by atoms with Crippen LogP contribution in [0.3, 0.4) is 0 Å². The lowest BCUT2D eigenvalue weighted by Crippen LogP contribution is -2.28. The van der Waals surface area contributed by atoms with Gasteiger partial charge in [0.15, 0.2) is 0 Å². The minimum Gasteiger partial charge on any atom is -0.336 e. The number of amides is 2.